The van der Waals surface area contributed by atoms with Gasteiger partial charge in [0.25, 0.3) is 0 Å². The van der Waals surface area contributed by atoms with Crippen molar-refractivity contribution in [3.05, 3.63) is 29.8 Å². The fourth-order valence-electron chi connectivity index (χ4n) is 1.33. The Morgan fingerprint density at radius 2 is 2.25 bits per heavy atom. The highest BCUT2D eigenvalue weighted by atomic mass is 19.1. The van der Waals surface area contributed by atoms with Crippen LogP contribution in [-0.2, 0) is 15.1 Å². The molecule has 1 atom stereocenters. The molecule has 1 aromatic heterocycles. The van der Waals surface area contributed by atoms with Crippen molar-refractivity contribution in [1.29, 1.82) is 0 Å². The Kier molecular flexibility index (Phi) is 3.95. The van der Waals surface area contributed by atoms with E-state index in [0.717, 1.165) is 6.20 Å². The first-order chi connectivity index (χ1) is 7.54. The molecule has 0 amide bonds. The Hall–Kier alpha value is -1.49. The summed E-state index contributed by atoms with van der Waals surface area (Å²) < 4.78 is 17.6. The van der Waals surface area contributed by atoms with E-state index in [-0.39, 0.29) is 6.61 Å². The molecule has 1 unspecified atom stereocenters. The van der Waals surface area contributed by atoms with Crippen LogP contribution >= 0.6 is 0 Å². The van der Waals surface area contributed by atoms with Crippen LogP contribution in [-0.4, -0.2) is 17.6 Å². The predicted molar refractivity (Wildman–Crippen MR) is 57.0 cm³/mol. The minimum Gasteiger partial charge on any atom is -0.464 e. The maximum Gasteiger partial charge on any atom is 0.332 e. The summed E-state index contributed by atoms with van der Waals surface area (Å²) in [4.78, 5) is 15.5. The molecule has 0 spiro atoms. The zero-order valence-corrected chi connectivity index (χ0v) is 9.37. The first-order valence-corrected chi connectivity index (χ1v) is 5.12. The molecule has 0 fully saturated rings. The second-order valence-corrected chi connectivity index (χ2v) is 3.41. The Bertz CT molecular complexity index is 367. The van der Waals surface area contributed by atoms with E-state index in [4.69, 9.17) is 10.5 Å². The number of nitrogens with two attached hydrogens (primary N) is 1. The van der Waals surface area contributed by atoms with Gasteiger partial charge in [0.1, 0.15) is 5.82 Å². The molecule has 0 saturated heterocycles. The first-order valence-electron chi connectivity index (χ1n) is 5.12. The van der Waals surface area contributed by atoms with Crippen molar-refractivity contribution >= 4 is 5.97 Å². The number of carbonyl (C=O) groups is 1. The van der Waals surface area contributed by atoms with Crippen LogP contribution in [0.4, 0.5) is 4.39 Å². The van der Waals surface area contributed by atoms with E-state index >= 15 is 0 Å². The van der Waals surface area contributed by atoms with Gasteiger partial charge in [-0.15, -0.1) is 0 Å². The number of rotatable bonds is 4. The van der Waals surface area contributed by atoms with Crippen LogP contribution in [0.5, 0.6) is 0 Å². The van der Waals surface area contributed by atoms with E-state index in [0.29, 0.717) is 12.1 Å². The second kappa shape index (κ2) is 5.03. The first kappa shape index (κ1) is 12.6. The van der Waals surface area contributed by atoms with Crippen molar-refractivity contribution in [3.63, 3.8) is 0 Å². The topological polar surface area (TPSA) is 65.2 Å². The van der Waals surface area contributed by atoms with Crippen LogP contribution in [0.3, 0.4) is 0 Å². The third-order valence-electron chi connectivity index (χ3n) is 2.38. The predicted octanol–water partition coefficient (Wildman–Crippen LogP) is 1.35. The van der Waals surface area contributed by atoms with Gasteiger partial charge in [-0.3, -0.25) is 4.98 Å². The van der Waals surface area contributed by atoms with Gasteiger partial charge in [0.05, 0.1) is 18.5 Å². The van der Waals surface area contributed by atoms with Crippen molar-refractivity contribution in [1.82, 2.24) is 4.98 Å². The monoisotopic (exact) mass is 226 g/mol. The minimum atomic E-state index is -1.30. The Labute approximate surface area is 93.6 Å². The molecule has 16 heavy (non-hydrogen) atoms. The number of halogens is 1. The van der Waals surface area contributed by atoms with Crippen molar-refractivity contribution in [2.45, 2.75) is 25.8 Å². The van der Waals surface area contributed by atoms with Crippen LogP contribution < -0.4 is 5.73 Å². The number of hydrogen-bond acceptors (Lipinski definition) is 4. The highest BCUT2D eigenvalue weighted by Crippen LogP contribution is 2.21. The van der Waals surface area contributed by atoms with E-state index in [2.05, 4.69) is 4.98 Å². The summed E-state index contributed by atoms with van der Waals surface area (Å²) in [6.07, 6.45) is 1.37. The highest BCUT2D eigenvalue weighted by molar-refractivity contribution is 5.81. The summed E-state index contributed by atoms with van der Waals surface area (Å²) in [5.41, 5.74) is 4.95. The zero-order valence-electron chi connectivity index (χ0n) is 9.37. The molecule has 1 heterocycles. The van der Waals surface area contributed by atoms with Gasteiger partial charge in [-0.2, -0.15) is 0 Å². The molecule has 4 nitrogen and oxygen atoms in total. The van der Waals surface area contributed by atoms with Gasteiger partial charge in [-0.1, -0.05) is 6.92 Å². The van der Waals surface area contributed by atoms with Gasteiger partial charge < -0.3 is 10.5 Å². The summed E-state index contributed by atoms with van der Waals surface area (Å²) >= 11 is 0. The average molecular weight is 226 g/mol. The number of ether oxygens (including phenoxy) is 1. The largest absolute Gasteiger partial charge is 0.464 e. The number of esters is 1. The molecular weight excluding hydrogens is 211 g/mol. The third kappa shape index (κ3) is 2.36. The SMILES string of the molecule is CCOC(=O)C(N)(CC)c1ccc(F)cn1. The number of hydrogen-bond donors (Lipinski definition) is 1. The van der Waals surface area contributed by atoms with Gasteiger partial charge in [-0.25, -0.2) is 9.18 Å². The normalized spacial score (nSPS) is 14.2. The fourth-order valence-corrected chi connectivity index (χ4v) is 1.33. The molecule has 0 aromatic carbocycles. The lowest BCUT2D eigenvalue weighted by Crippen LogP contribution is -2.46. The van der Waals surface area contributed by atoms with E-state index in [9.17, 15) is 9.18 Å². The van der Waals surface area contributed by atoms with E-state index < -0.39 is 17.3 Å². The van der Waals surface area contributed by atoms with Crippen LogP contribution in [0.2, 0.25) is 0 Å². The Morgan fingerprint density at radius 1 is 1.56 bits per heavy atom. The van der Waals surface area contributed by atoms with Crippen molar-refractivity contribution in [2.24, 2.45) is 5.73 Å². The van der Waals surface area contributed by atoms with Gasteiger partial charge in [0.15, 0.2) is 5.54 Å². The molecular formula is C11H15FN2O2. The summed E-state index contributed by atoms with van der Waals surface area (Å²) in [6, 6.07) is 2.62. The van der Waals surface area contributed by atoms with Crippen LogP contribution in [0.1, 0.15) is 26.0 Å². The zero-order chi connectivity index (χ0) is 12.2. The number of nitrogens with zero attached hydrogens (tertiary/aromatic N) is 1. The van der Waals surface area contributed by atoms with Crippen LogP contribution in [0.15, 0.2) is 18.3 Å². The van der Waals surface area contributed by atoms with Crippen LogP contribution in [0.25, 0.3) is 0 Å². The van der Waals surface area contributed by atoms with E-state index in [1.54, 1.807) is 13.8 Å². The van der Waals surface area contributed by atoms with E-state index in [1.807, 2.05) is 0 Å². The Morgan fingerprint density at radius 3 is 2.69 bits per heavy atom. The fraction of sp³-hybridized carbons (Fsp3) is 0.455. The van der Waals surface area contributed by atoms with Crippen molar-refractivity contribution < 1.29 is 13.9 Å². The van der Waals surface area contributed by atoms with Crippen LogP contribution in [0, 0.1) is 5.82 Å². The van der Waals surface area contributed by atoms with E-state index in [1.165, 1.54) is 12.1 Å². The van der Waals surface area contributed by atoms with Crippen molar-refractivity contribution in [3.8, 4) is 0 Å². The summed E-state index contributed by atoms with van der Waals surface area (Å²) in [5.74, 6) is -1.01. The lowest BCUT2D eigenvalue weighted by Gasteiger charge is -2.24. The third-order valence-corrected chi connectivity index (χ3v) is 2.38. The maximum atomic E-state index is 12.7. The smallest absolute Gasteiger partial charge is 0.332 e. The standard InChI is InChI=1S/C11H15FN2O2/c1-3-11(13,10(15)16-4-2)9-6-5-8(12)7-14-9/h5-7H,3-4,13H2,1-2H3. The molecule has 0 saturated carbocycles. The molecule has 0 aliphatic rings. The number of carbonyl (C=O) groups excluding carboxylic acids is 1. The average Bonchev–Trinajstić information content (AvgIpc) is 2.29. The molecule has 2 N–H and O–H groups in total. The van der Waals surface area contributed by atoms with Gasteiger partial charge in [-0.05, 0) is 25.5 Å². The number of pyridine rings is 1. The van der Waals surface area contributed by atoms with Gasteiger partial charge >= 0.3 is 5.97 Å². The molecule has 88 valence electrons. The second-order valence-electron chi connectivity index (χ2n) is 3.41. The molecule has 0 aliphatic carbocycles. The Balaban J connectivity index is 3.04. The molecule has 0 bridgehead atoms. The summed E-state index contributed by atoms with van der Waals surface area (Å²) in [5, 5.41) is 0. The molecule has 0 aliphatic heterocycles. The van der Waals surface area contributed by atoms with Gasteiger partial charge in [0.2, 0.25) is 0 Å². The van der Waals surface area contributed by atoms with Crippen molar-refractivity contribution in [2.75, 3.05) is 6.61 Å². The summed E-state index contributed by atoms with van der Waals surface area (Å²) in [7, 11) is 0. The quantitative estimate of drug-likeness (QED) is 0.787. The minimum absolute atomic E-state index is 0.249. The molecule has 1 aromatic rings. The molecule has 5 heteroatoms. The number of aromatic nitrogens is 1. The maximum absolute atomic E-state index is 12.7. The lowest BCUT2D eigenvalue weighted by atomic mass is 9.93. The summed E-state index contributed by atoms with van der Waals surface area (Å²) in [6.45, 7) is 3.70. The molecule has 1 rings (SSSR count). The van der Waals surface area contributed by atoms with Gasteiger partial charge in [0, 0.05) is 0 Å². The lowest BCUT2D eigenvalue weighted by molar-refractivity contribution is -0.150. The molecule has 0 radical (unpaired) electrons. The highest BCUT2D eigenvalue weighted by Gasteiger charge is 2.37.